The lowest BCUT2D eigenvalue weighted by molar-refractivity contribution is 0.130. The second-order valence-corrected chi connectivity index (χ2v) is 7.19. The molecule has 0 spiro atoms. The fraction of sp³-hybridized carbons (Fsp3) is 0.471. The fourth-order valence-electron chi connectivity index (χ4n) is 2.94. The van der Waals surface area contributed by atoms with Gasteiger partial charge in [0.1, 0.15) is 5.01 Å². The van der Waals surface area contributed by atoms with Gasteiger partial charge in [0, 0.05) is 10.9 Å². The van der Waals surface area contributed by atoms with Crippen molar-refractivity contribution in [2.24, 2.45) is 0 Å². The Morgan fingerprint density at radius 3 is 2.70 bits per heavy atom. The van der Waals surface area contributed by atoms with E-state index < -0.39 is 17.7 Å². The minimum Gasteiger partial charge on any atom is -0.387 e. The molecule has 3 atom stereocenters. The van der Waals surface area contributed by atoms with Crippen molar-refractivity contribution in [3.05, 3.63) is 51.0 Å². The van der Waals surface area contributed by atoms with Gasteiger partial charge in [0.2, 0.25) is 0 Å². The molecule has 0 fully saturated rings. The molecule has 0 saturated carbocycles. The highest BCUT2D eigenvalue weighted by molar-refractivity contribution is 7.11. The number of rotatable bonds is 5. The number of nitrogens with zero attached hydrogens (tertiary/aromatic N) is 1. The zero-order valence-corrected chi connectivity index (χ0v) is 14.0. The second kappa shape index (κ2) is 6.63. The van der Waals surface area contributed by atoms with Gasteiger partial charge in [-0.15, -0.1) is 11.3 Å². The Kier molecular flexibility index (Phi) is 4.75. The Hall–Kier alpha value is -1.37. The maximum absolute atomic E-state index is 13.3. The topological polar surface area (TPSA) is 45.1 Å². The minimum absolute atomic E-state index is 0.000505. The molecule has 1 aliphatic rings. The van der Waals surface area contributed by atoms with Gasteiger partial charge in [0.25, 0.3) is 0 Å². The average molecular weight is 338 g/mol. The van der Waals surface area contributed by atoms with Crippen molar-refractivity contribution in [1.29, 1.82) is 0 Å². The molecule has 1 heterocycles. The number of fused-ring (bicyclic) bond motifs is 1. The van der Waals surface area contributed by atoms with Crippen LogP contribution in [0.2, 0.25) is 0 Å². The van der Waals surface area contributed by atoms with Gasteiger partial charge in [0.15, 0.2) is 11.6 Å². The first-order valence-electron chi connectivity index (χ1n) is 7.83. The van der Waals surface area contributed by atoms with Gasteiger partial charge in [-0.25, -0.2) is 13.8 Å². The molecule has 2 N–H and O–H groups in total. The van der Waals surface area contributed by atoms with Gasteiger partial charge < -0.3 is 10.4 Å². The summed E-state index contributed by atoms with van der Waals surface area (Å²) in [6, 6.07) is 3.18. The van der Waals surface area contributed by atoms with Crippen LogP contribution < -0.4 is 5.32 Å². The molecule has 1 aromatic carbocycles. The molecule has 0 saturated heterocycles. The summed E-state index contributed by atoms with van der Waals surface area (Å²) in [4.78, 5) is 6.03. The van der Waals surface area contributed by atoms with E-state index in [0.717, 1.165) is 30.0 Å². The van der Waals surface area contributed by atoms with E-state index in [1.807, 2.05) is 13.8 Å². The van der Waals surface area contributed by atoms with Gasteiger partial charge in [0.05, 0.1) is 17.8 Å². The van der Waals surface area contributed by atoms with Gasteiger partial charge in [-0.2, -0.15) is 0 Å². The standard InChI is InChI=1S/C17H20F2N2OS/c1-9(16(22)11-6-7-12(18)13(19)8-11)20-10(2)17-21-14-4-3-5-15(14)23-17/h6-10,16,20,22H,3-5H2,1-2H3. The molecule has 124 valence electrons. The second-order valence-electron chi connectivity index (χ2n) is 6.07. The summed E-state index contributed by atoms with van der Waals surface area (Å²) in [5.41, 5.74) is 1.56. The highest BCUT2D eigenvalue weighted by Gasteiger charge is 2.23. The van der Waals surface area contributed by atoms with Gasteiger partial charge >= 0.3 is 0 Å². The molecule has 0 bridgehead atoms. The number of hydrogen-bond donors (Lipinski definition) is 2. The van der Waals surface area contributed by atoms with E-state index in [1.165, 1.54) is 23.1 Å². The maximum Gasteiger partial charge on any atom is 0.159 e. The first-order chi connectivity index (χ1) is 11.0. The molecule has 23 heavy (non-hydrogen) atoms. The molecule has 2 aromatic rings. The molecule has 3 rings (SSSR count). The number of aliphatic hydroxyl groups excluding tert-OH is 1. The van der Waals surface area contributed by atoms with Crippen LogP contribution in [0.5, 0.6) is 0 Å². The smallest absolute Gasteiger partial charge is 0.159 e. The fourth-order valence-corrected chi connectivity index (χ4v) is 4.10. The van der Waals surface area contributed by atoms with Crippen molar-refractivity contribution in [3.8, 4) is 0 Å². The monoisotopic (exact) mass is 338 g/mol. The van der Waals surface area contributed by atoms with Gasteiger partial charge in [-0.1, -0.05) is 6.07 Å². The summed E-state index contributed by atoms with van der Waals surface area (Å²) >= 11 is 1.72. The maximum atomic E-state index is 13.3. The van der Waals surface area contributed by atoms with Crippen LogP contribution in [-0.4, -0.2) is 16.1 Å². The van der Waals surface area contributed by atoms with Crippen LogP contribution in [0.25, 0.3) is 0 Å². The Morgan fingerprint density at radius 2 is 2.00 bits per heavy atom. The van der Waals surface area contributed by atoms with E-state index in [-0.39, 0.29) is 12.1 Å². The molecule has 1 aromatic heterocycles. The Balaban J connectivity index is 1.67. The molecule has 3 unspecified atom stereocenters. The van der Waals surface area contributed by atoms with E-state index in [1.54, 1.807) is 11.3 Å². The number of halogens is 2. The Labute approximate surface area is 138 Å². The molecular formula is C17H20F2N2OS. The summed E-state index contributed by atoms with van der Waals surface area (Å²) < 4.78 is 26.3. The predicted octanol–water partition coefficient (Wildman–Crippen LogP) is 3.68. The molecule has 1 aliphatic carbocycles. The number of nitrogens with one attached hydrogen (secondary N) is 1. The Morgan fingerprint density at radius 1 is 1.22 bits per heavy atom. The van der Waals surface area contributed by atoms with Crippen LogP contribution in [0.15, 0.2) is 18.2 Å². The van der Waals surface area contributed by atoms with Crippen molar-refractivity contribution in [2.45, 2.75) is 51.3 Å². The lowest BCUT2D eigenvalue weighted by Crippen LogP contribution is -2.34. The van der Waals surface area contributed by atoms with Gasteiger partial charge in [-0.05, 0) is 50.8 Å². The minimum atomic E-state index is -0.946. The number of thiazole rings is 1. The number of hydrogen-bond acceptors (Lipinski definition) is 4. The largest absolute Gasteiger partial charge is 0.387 e. The summed E-state index contributed by atoms with van der Waals surface area (Å²) in [7, 11) is 0. The van der Waals surface area contributed by atoms with Crippen molar-refractivity contribution in [2.75, 3.05) is 0 Å². The zero-order chi connectivity index (χ0) is 16.6. The normalized spacial score (nSPS) is 17.8. The van der Waals surface area contributed by atoms with Crippen molar-refractivity contribution in [3.63, 3.8) is 0 Å². The third-order valence-corrected chi connectivity index (χ3v) is 5.59. The summed E-state index contributed by atoms with van der Waals surface area (Å²) in [6.45, 7) is 3.83. The van der Waals surface area contributed by atoms with Crippen molar-refractivity contribution >= 4 is 11.3 Å². The third-order valence-electron chi connectivity index (χ3n) is 4.25. The zero-order valence-electron chi connectivity index (χ0n) is 13.1. The first kappa shape index (κ1) is 16.5. The van der Waals surface area contributed by atoms with Crippen molar-refractivity contribution in [1.82, 2.24) is 10.3 Å². The van der Waals surface area contributed by atoms with Crippen LogP contribution in [0.4, 0.5) is 8.78 Å². The molecule has 6 heteroatoms. The lowest BCUT2D eigenvalue weighted by Gasteiger charge is -2.24. The molecule has 0 aliphatic heterocycles. The van der Waals surface area contributed by atoms with Crippen LogP contribution in [0, 0.1) is 11.6 Å². The SMILES string of the molecule is CC(NC(C)C(O)c1ccc(F)c(F)c1)c1nc2c(s1)CCC2. The number of aryl methyl sites for hydroxylation is 2. The van der Waals surface area contributed by atoms with Crippen molar-refractivity contribution < 1.29 is 13.9 Å². The predicted molar refractivity (Wildman–Crippen MR) is 86.5 cm³/mol. The molecule has 3 nitrogen and oxygen atoms in total. The summed E-state index contributed by atoms with van der Waals surface area (Å²) in [6.07, 6.45) is 2.42. The van der Waals surface area contributed by atoms with E-state index in [0.29, 0.717) is 5.56 Å². The average Bonchev–Trinajstić information content (AvgIpc) is 3.10. The summed E-state index contributed by atoms with van der Waals surface area (Å²) in [5.74, 6) is -1.86. The van der Waals surface area contributed by atoms with Crippen LogP contribution in [0.1, 0.15) is 53.6 Å². The number of benzene rings is 1. The molecule has 0 amide bonds. The third kappa shape index (κ3) is 3.44. The van der Waals surface area contributed by atoms with E-state index >= 15 is 0 Å². The number of aromatic nitrogens is 1. The first-order valence-corrected chi connectivity index (χ1v) is 8.65. The van der Waals surface area contributed by atoms with E-state index in [4.69, 9.17) is 0 Å². The lowest BCUT2D eigenvalue weighted by atomic mass is 10.0. The van der Waals surface area contributed by atoms with Crippen LogP contribution in [-0.2, 0) is 12.8 Å². The van der Waals surface area contributed by atoms with E-state index in [9.17, 15) is 13.9 Å². The Bertz CT molecular complexity index is 682. The molecular weight excluding hydrogens is 318 g/mol. The number of aliphatic hydroxyl groups is 1. The van der Waals surface area contributed by atoms with Gasteiger partial charge in [-0.3, -0.25) is 0 Å². The quantitative estimate of drug-likeness (QED) is 0.874. The summed E-state index contributed by atoms with van der Waals surface area (Å²) in [5, 5.41) is 14.7. The van der Waals surface area contributed by atoms with Crippen LogP contribution in [0.3, 0.4) is 0 Å². The molecule has 0 radical (unpaired) electrons. The van der Waals surface area contributed by atoms with E-state index in [2.05, 4.69) is 10.3 Å². The highest BCUT2D eigenvalue weighted by Crippen LogP contribution is 2.31. The van der Waals surface area contributed by atoms with Crippen LogP contribution >= 0.6 is 11.3 Å². The highest BCUT2D eigenvalue weighted by atomic mass is 32.1.